The van der Waals surface area contributed by atoms with Gasteiger partial charge in [-0.3, -0.25) is 4.79 Å². The van der Waals surface area contributed by atoms with Gasteiger partial charge in [0, 0.05) is 5.69 Å². The summed E-state index contributed by atoms with van der Waals surface area (Å²) < 4.78 is 5.89. The van der Waals surface area contributed by atoms with Gasteiger partial charge in [0.05, 0.1) is 0 Å². The lowest BCUT2D eigenvalue weighted by Crippen LogP contribution is -2.32. The number of ether oxygens (including phenoxy) is 1. The van der Waals surface area contributed by atoms with Crippen LogP contribution < -0.4 is 10.1 Å². The topological polar surface area (TPSA) is 38.3 Å². The molecule has 0 fully saturated rings. The van der Waals surface area contributed by atoms with Crippen molar-refractivity contribution in [3.05, 3.63) is 59.2 Å². The van der Waals surface area contributed by atoms with E-state index >= 15 is 0 Å². The average molecular weight is 311 g/mol. The molecule has 0 heterocycles. The van der Waals surface area contributed by atoms with E-state index in [-0.39, 0.29) is 5.91 Å². The van der Waals surface area contributed by atoms with Gasteiger partial charge < -0.3 is 10.1 Å². The Kier molecular flexibility index (Phi) is 5.80. The second-order valence-corrected chi connectivity index (χ2v) is 5.88. The zero-order valence-corrected chi connectivity index (χ0v) is 14.3. The zero-order chi connectivity index (χ0) is 16.8. The Morgan fingerprint density at radius 3 is 2.17 bits per heavy atom. The first-order valence-electron chi connectivity index (χ1n) is 8.16. The van der Waals surface area contributed by atoms with Gasteiger partial charge in [-0.15, -0.1) is 0 Å². The van der Waals surface area contributed by atoms with Crippen molar-refractivity contribution in [2.24, 2.45) is 0 Å². The summed E-state index contributed by atoms with van der Waals surface area (Å²) in [5.74, 6) is 0.627. The highest BCUT2D eigenvalue weighted by atomic mass is 16.5. The van der Waals surface area contributed by atoms with Crippen LogP contribution in [0.25, 0.3) is 0 Å². The number of nitrogens with one attached hydrogen (secondary N) is 1. The Morgan fingerprint density at radius 1 is 1.04 bits per heavy atom. The third-order valence-electron chi connectivity index (χ3n) is 3.77. The molecule has 0 saturated heterocycles. The summed E-state index contributed by atoms with van der Waals surface area (Å²) in [6.07, 6.45) is 1.11. The molecule has 3 nitrogen and oxygen atoms in total. The first kappa shape index (κ1) is 17.1. The van der Waals surface area contributed by atoms with Gasteiger partial charge in [0.1, 0.15) is 5.75 Å². The summed E-state index contributed by atoms with van der Waals surface area (Å²) in [4.78, 5) is 12.4. The number of anilines is 1. The molecule has 0 unspecified atom stereocenters. The molecule has 0 aromatic heterocycles. The lowest BCUT2D eigenvalue weighted by Gasteiger charge is -2.18. The number of carbonyl (C=O) groups excluding carboxylic acids is 1. The van der Waals surface area contributed by atoms with Gasteiger partial charge in [0.2, 0.25) is 0 Å². The Balaban J connectivity index is 2.05. The number of hydrogen-bond acceptors (Lipinski definition) is 2. The Hall–Kier alpha value is -2.29. The molecule has 2 rings (SSSR count). The number of aryl methyl sites for hydroxylation is 3. The first-order valence-corrected chi connectivity index (χ1v) is 8.16. The molecular formula is C20H25NO2. The van der Waals surface area contributed by atoms with Crippen LogP contribution in [0.3, 0.4) is 0 Å². The van der Waals surface area contributed by atoms with Gasteiger partial charge in [0.25, 0.3) is 5.91 Å². The molecule has 0 spiro atoms. The Morgan fingerprint density at radius 2 is 1.65 bits per heavy atom. The third-order valence-corrected chi connectivity index (χ3v) is 3.77. The van der Waals surface area contributed by atoms with Crippen LogP contribution in [0, 0.1) is 13.8 Å². The van der Waals surface area contributed by atoms with E-state index in [0.29, 0.717) is 6.42 Å². The highest BCUT2D eigenvalue weighted by Crippen LogP contribution is 2.19. The van der Waals surface area contributed by atoms with Crippen LogP contribution in [0.1, 0.15) is 37.0 Å². The fourth-order valence-corrected chi connectivity index (χ4v) is 2.53. The van der Waals surface area contributed by atoms with Crippen molar-refractivity contribution < 1.29 is 9.53 Å². The molecule has 0 aliphatic rings. The van der Waals surface area contributed by atoms with E-state index in [0.717, 1.165) is 29.0 Å². The van der Waals surface area contributed by atoms with Crippen molar-refractivity contribution in [1.29, 1.82) is 0 Å². The molecule has 0 aliphatic carbocycles. The molecule has 1 N–H and O–H groups in total. The normalized spacial score (nSPS) is 11.8. The van der Waals surface area contributed by atoms with E-state index < -0.39 is 6.10 Å². The van der Waals surface area contributed by atoms with Crippen molar-refractivity contribution in [3.8, 4) is 5.75 Å². The SMILES string of the molecule is CCc1ccc(NC(=O)[C@@H](CC)Oc2cc(C)cc(C)c2)cc1. The molecule has 0 aliphatic heterocycles. The largest absolute Gasteiger partial charge is 0.481 e. The predicted molar refractivity (Wildman–Crippen MR) is 95.1 cm³/mol. The predicted octanol–water partition coefficient (Wildman–Crippen LogP) is 4.66. The van der Waals surface area contributed by atoms with Crippen molar-refractivity contribution in [2.45, 2.75) is 46.6 Å². The molecule has 1 amide bonds. The number of carbonyl (C=O) groups is 1. The minimum Gasteiger partial charge on any atom is -0.481 e. The average Bonchev–Trinajstić information content (AvgIpc) is 2.52. The number of benzene rings is 2. The summed E-state index contributed by atoms with van der Waals surface area (Å²) in [5.41, 5.74) is 4.31. The van der Waals surface area contributed by atoms with E-state index in [1.165, 1.54) is 5.56 Å². The van der Waals surface area contributed by atoms with Gasteiger partial charge >= 0.3 is 0 Å². The smallest absolute Gasteiger partial charge is 0.265 e. The van der Waals surface area contributed by atoms with Crippen LogP contribution in [-0.4, -0.2) is 12.0 Å². The maximum absolute atomic E-state index is 12.4. The van der Waals surface area contributed by atoms with Gasteiger partial charge in [-0.25, -0.2) is 0 Å². The van der Waals surface area contributed by atoms with E-state index in [4.69, 9.17) is 4.74 Å². The maximum Gasteiger partial charge on any atom is 0.265 e. The molecule has 2 aromatic carbocycles. The monoisotopic (exact) mass is 311 g/mol. The van der Waals surface area contributed by atoms with Crippen molar-refractivity contribution in [3.63, 3.8) is 0 Å². The van der Waals surface area contributed by atoms with Crippen LogP contribution >= 0.6 is 0 Å². The number of hydrogen-bond donors (Lipinski definition) is 1. The number of amides is 1. The lowest BCUT2D eigenvalue weighted by atomic mass is 10.1. The highest BCUT2D eigenvalue weighted by Gasteiger charge is 2.18. The molecule has 2 aromatic rings. The minimum atomic E-state index is -0.498. The van der Waals surface area contributed by atoms with E-state index in [1.54, 1.807) is 0 Å². The van der Waals surface area contributed by atoms with Gasteiger partial charge in [0.15, 0.2) is 6.10 Å². The first-order chi connectivity index (χ1) is 11.0. The van der Waals surface area contributed by atoms with Crippen LogP contribution in [0.4, 0.5) is 5.69 Å². The van der Waals surface area contributed by atoms with Gasteiger partial charge in [-0.1, -0.05) is 32.0 Å². The molecule has 0 saturated carbocycles. The van der Waals surface area contributed by atoms with E-state index in [1.807, 2.05) is 57.2 Å². The summed E-state index contributed by atoms with van der Waals surface area (Å²) >= 11 is 0. The number of rotatable bonds is 6. The second-order valence-electron chi connectivity index (χ2n) is 5.88. The second kappa shape index (κ2) is 7.82. The minimum absolute atomic E-state index is 0.115. The van der Waals surface area contributed by atoms with Crippen LogP contribution in [0.15, 0.2) is 42.5 Å². The Bertz CT molecular complexity index is 642. The van der Waals surface area contributed by atoms with Crippen molar-refractivity contribution in [1.82, 2.24) is 0 Å². The van der Waals surface area contributed by atoms with Crippen molar-refractivity contribution >= 4 is 11.6 Å². The Labute approximate surface area is 138 Å². The van der Waals surface area contributed by atoms with Crippen molar-refractivity contribution in [2.75, 3.05) is 5.32 Å². The quantitative estimate of drug-likeness (QED) is 0.842. The molecule has 23 heavy (non-hydrogen) atoms. The maximum atomic E-state index is 12.4. The van der Waals surface area contributed by atoms with Crippen LogP contribution in [0.2, 0.25) is 0 Å². The molecule has 122 valence electrons. The van der Waals surface area contributed by atoms with E-state index in [9.17, 15) is 4.79 Å². The fourth-order valence-electron chi connectivity index (χ4n) is 2.53. The molecule has 1 atom stereocenters. The molecule has 0 radical (unpaired) electrons. The van der Waals surface area contributed by atoms with Gasteiger partial charge in [-0.05, 0) is 67.6 Å². The standard InChI is InChI=1S/C20H25NO2/c1-5-16-7-9-17(10-8-16)21-20(22)19(6-2)23-18-12-14(3)11-15(4)13-18/h7-13,19H,5-6H2,1-4H3,(H,21,22)/t19-/m1/s1. The van der Waals surface area contributed by atoms with Gasteiger partial charge in [-0.2, -0.15) is 0 Å². The van der Waals surface area contributed by atoms with E-state index in [2.05, 4.69) is 18.3 Å². The summed E-state index contributed by atoms with van der Waals surface area (Å²) in [6, 6.07) is 13.9. The molecule has 0 bridgehead atoms. The summed E-state index contributed by atoms with van der Waals surface area (Å²) in [6.45, 7) is 8.11. The van der Waals surface area contributed by atoms with Crippen LogP contribution in [-0.2, 0) is 11.2 Å². The lowest BCUT2D eigenvalue weighted by molar-refractivity contribution is -0.122. The summed E-state index contributed by atoms with van der Waals surface area (Å²) in [7, 11) is 0. The summed E-state index contributed by atoms with van der Waals surface area (Å²) in [5, 5.41) is 2.93. The van der Waals surface area contributed by atoms with Crippen LogP contribution in [0.5, 0.6) is 5.75 Å². The zero-order valence-electron chi connectivity index (χ0n) is 14.3. The highest BCUT2D eigenvalue weighted by molar-refractivity contribution is 5.94. The molecule has 3 heteroatoms. The fraction of sp³-hybridized carbons (Fsp3) is 0.350. The molecular weight excluding hydrogens is 286 g/mol. The third kappa shape index (κ3) is 4.85.